The van der Waals surface area contributed by atoms with Crippen molar-refractivity contribution in [2.24, 2.45) is 0 Å². The van der Waals surface area contributed by atoms with Gasteiger partial charge >= 0.3 is 0 Å². The van der Waals surface area contributed by atoms with Gasteiger partial charge in [0, 0.05) is 6.54 Å². The first-order valence-electron chi connectivity index (χ1n) is 7.40. The molecule has 104 valence electrons. The maximum Gasteiger partial charge on any atom is 0.249 e. The van der Waals surface area contributed by atoms with Crippen molar-refractivity contribution < 1.29 is 9.59 Å². The second-order valence-corrected chi connectivity index (χ2v) is 6.19. The fourth-order valence-electron chi connectivity index (χ4n) is 4.12. The molecule has 4 heteroatoms. The number of amides is 2. The molecule has 1 heterocycles. The number of nitrogens with zero attached hydrogens (tertiary/aromatic N) is 1. The highest BCUT2D eigenvalue weighted by molar-refractivity contribution is 6.02. The normalized spacial score (nSPS) is 28.1. The number of carbonyl (C=O) groups excluding carboxylic acids is 2. The molecular formula is C15H22N2O2. The maximum absolute atomic E-state index is 12.9. The average molecular weight is 262 g/mol. The van der Waals surface area contributed by atoms with E-state index in [1.807, 2.05) is 4.90 Å². The topological polar surface area (TPSA) is 49.4 Å². The Hall–Kier alpha value is -1.32. The molecule has 2 spiro atoms. The summed E-state index contributed by atoms with van der Waals surface area (Å²) in [7, 11) is 0. The van der Waals surface area contributed by atoms with Gasteiger partial charge < -0.3 is 10.2 Å². The van der Waals surface area contributed by atoms with E-state index in [-0.39, 0.29) is 11.8 Å². The van der Waals surface area contributed by atoms with Crippen LogP contribution in [-0.2, 0) is 9.59 Å². The summed E-state index contributed by atoms with van der Waals surface area (Å²) in [6, 6.07) is 0. The zero-order valence-electron chi connectivity index (χ0n) is 11.4. The molecule has 0 radical (unpaired) electrons. The molecule has 0 atom stereocenters. The van der Waals surface area contributed by atoms with Gasteiger partial charge in [-0.2, -0.15) is 0 Å². The number of piperazine rings is 1. The van der Waals surface area contributed by atoms with Crippen LogP contribution < -0.4 is 5.32 Å². The van der Waals surface area contributed by atoms with Gasteiger partial charge in [0.25, 0.3) is 0 Å². The highest BCUT2D eigenvalue weighted by atomic mass is 16.2. The van der Waals surface area contributed by atoms with Gasteiger partial charge in [-0.15, -0.1) is 6.58 Å². The molecule has 0 aromatic carbocycles. The molecule has 1 saturated heterocycles. The predicted octanol–water partition coefficient (Wildman–Crippen LogP) is 1.76. The van der Waals surface area contributed by atoms with Gasteiger partial charge in [0.05, 0.1) is 0 Å². The van der Waals surface area contributed by atoms with Gasteiger partial charge in [-0.1, -0.05) is 31.8 Å². The summed E-state index contributed by atoms with van der Waals surface area (Å²) in [5.74, 6) is 0.208. The Morgan fingerprint density at radius 3 is 2.26 bits per heavy atom. The summed E-state index contributed by atoms with van der Waals surface area (Å²) in [6.45, 7) is 4.25. The van der Waals surface area contributed by atoms with Crippen molar-refractivity contribution >= 4 is 11.8 Å². The number of rotatable bonds is 2. The standard InChI is InChI=1S/C15H22N2O2/c1-2-11-17-13(19)14(7-3-4-8-14)16-12(18)15(17)9-5-6-10-15/h2H,1,3-11H2,(H,16,18). The Bertz CT molecular complexity index is 418. The second-order valence-electron chi connectivity index (χ2n) is 6.19. The summed E-state index contributed by atoms with van der Waals surface area (Å²) in [5.41, 5.74) is -1.19. The summed E-state index contributed by atoms with van der Waals surface area (Å²) in [6.07, 6.45) is 9.05. The number of hydrogen-bond donors (Lipinski definition) is 1. The van der Waals surface area contributed by atoms with Crippen LogP contribution in [0.5, 0.6) is 0 Å². The van der Waals surface area contributed by atoms with Crippen molar-refractivity contribution in [2.45, 2.75) is 62.4 Å². The van der Waals surface area contributed by atoms with Gasteiger partial charge in [-0.25, -0.2) is 0 Å². The van der Waals surface area contributed by atoms with Crippen LogP contribution in [0, 0.1) is 0 Å². The fourth-order valence-corrected chi connectivity index (χ4v) is 4.12. The largest absolute Gasteiger partial charge is 0.340 e. The molecule has 0 aromatic heterocycles. The van der Waals surface area contributed by atoms with E-state index in [9.17, 15) is 9.59 Å². The smallest absolute Gasteiger partial charge is 0.249 e. The molecule has 1 N–H and O–H groups in total. The lowest BCUT2D eigenvalue weighted by Gasteiger charge is -2.50. The molecule has 1 aliphatic heterocycles. The number of hydrogen-bond acceptors (Lipinski definition) is 2. The third kappa shape index (κ3) is 1.65. The molecule has 4 nitrogen and oxygen atoms in total. The minimum atomic E-state index is -0.603. The summed E-state index contributed by atoms with van der Waals surface area (Å²) in [4.78, 5) is 27.4. The summed E-state index contributed by atoms with van der Waals surface area (Å²) >= 11 is 0. The Balaban J connectivity index is 1.98. The zero-order valence-corrected chi connectivity index (χ0v) is 11.4. The van der Waals surface area contributed by atoms with Crippen LogP contribution in [0.4, 0.5) is 0 Å². The van der Waals surface area contributed by atoms with E-state index in [2.05, 4.69) is 11.9 Å². The van der Waals surface area contributed by atoms with Crippen LogP contribution >= 0.6 is 0 Å². The quantitative estimate of drug-likeness (QED) is 0.771. The van der Waals surface area contributed by atoms with Crippen LogP contribution in [-0.4, -0.2) is 34.3 Å². The van der Waals surface area contributed by atoms with Crippen LogP contribution in [0.25, 0.3) is 0 Å². The van der Waals surface area contributed by atoms with Crippen molar-refractivity contribution in [1.29, 1.82) is 0 Å². The Morgan fingerprint density at radius 2 is 1.68 bits per heavy atom. The minimum absolute atomic E-state index is 0.0772. The second kappa shape index (κ2) is 4.36. The molecule has 3 aliphatic rings. The summed E-state index contributed by atoms with van der Waals surface area (Å²) in [5, 5.41) is 3.10. The van der Waals surface area contributed by atoms with Crippen molar-refractivity contribution in [3.63, 3.8) is 0 Å². The van der Waals surface area contributed by atoms with E-state index in [0.29, 0.717) is 6.54 Å². The maximum atomic E-state index is 12.9. The first-order valence-corrected chi connectivity index (χ1v) is 7.40. The molecule has 2 aliphatic carbocycles. The Labute approximate surface area is 114 Å². The third-order valence-electron chi connectivity index (χ3n) is 5.15. The Morgan fingerprint density at radius 1 is 1.11 bits per heavy atom. The molecule has 2 amide bonds. The predicted molar refractivity (Wildman–Crippen MR) is 72.5 cm³/mol. The van der Waals surface area contributed by atoms with Gasteiger partial charge in [0.2, 0.25) is 11.8 Å². The molecule has 3 rings (SSSR count). The molecule has 3 fully saturated rings. The molecule has 0 unspecified atom stereocenters. The number of nitrogens with one attached hydrogen (secondary N) is 1. The van der Waals surface area contributed by atoms with Crippen LogP contribution in [0.2, 0.25) is 0 Å². The van der Waals surface area contributed by atoms with Gasteiger partial charge in [0.1, 0.15) is 11.1 Å². The van der Waals surface area contributed by atoms with Gasteiger partial charge in [-0.3, -0.25) is 9.59 Å². The van der Waals surface area contributed by atoms with Crippen molar-refractivity contribution in [2.75, 3.05) is 6.54 Å². The monoisotopic (exact) mass is 262 g/mol. The lowest BCUT2D eigenvalue weighted by atomic mass is 9.83. The SMILES string of the molecule is C=CCN1C(=O)C2(CCCC2)NC(=O)C12CCCC2. The van der Waals surface area contributed by atoms with Gasteiger partial charge in [-0.05, 0) is 25.7 Å². The summed E-state index contributed by atoms with van der Waals surface area (Å²) < 4.78 is 0. The van der Waals surface area contributed by atoms with E-state index in [1.54, 1.807) is 6.08 Å². The molecule has 0 bridgehead atoms. The first kappa shape index (κ1) is 12.7. The van der Waals surface area contributed by atoms with E-state index in [0.717, 1.165) is 51.4 Å². The zero-order chi connectivity index (χ0) is 13.5. The van der Waals surface area contributed by atoms with Gasteiger partial charge in [0.15, 0.2) is 0 Å². The van der Waals surface area contributed by atoms with E-state index < -0.39 is 11.1 Å². The third-order valence-corrected chi connectivity index (χ3v) is 5.15. The van der Waals surface area contributed by atoms with Crippen molar-refractivity contribution in [1.82, 2.24) is 10.2 Å². The Kier molecular flexibility index (Phi) is 2.91. The van der Waals surface area contributed by atoms with Crippen LogP contribution in [0.1, 0.15) is 51.4 Å². The van der Waals surface area contributed by atoms with Crippen molar-refractivity contribution in [3.05, 3.63) is 12.7 Å². The lowest BCUT2D eigenvalue weighted by molar-refractivity contribution is -0.162. The lowest BCUT2D eigenvalue weighted by Crippen LogP contribution is -2.74. The minimum Gasteiger partial charge on any atom is -0.340 e. The first-order chi connectivity index (χ1) is 9.15. The molecular weight excluding hydrogens is 240 g/mol. The molecule has 2 saturated carbocycles. The molecule has 0 aromatic rings. The van der Waals surface area contributed by atoms with E-state index in [1.165, 1.54) is 0 Å². The van der Waals surface area contributed by atoms with Crippen LogP contribution in [0.3, 0.4) is 0 Å². The molecule has 19 heavy (non-hydrogen) atoms. The van der Waals surface area contributed by atoms with E-state index in [4.69, 9.17) is 0 Å². The van der Waals surface area contributed by atoms with Crippen molar-refractivity contribution in [3.8, 4) is 0 Å². The average Bonchev–Trinajstić information content (AvgIpc) is 3.03. The highest BCUT2D eigenvalue weighted by Crippen LogP contribution is 2.43. The highest BCUT2D eigenvalue weighted by Gasteiger charge is 2.59. The fraction of sp³-hybridized carbons (Fsp3) is 0.733. The van der Waals surface area contributed by atoms with Crippen LogP contribution in [0.15, 0.2) is 12.7 Å². The van der Waals surface area contributed by atoms with E-state index >= 15 is 0 Å². The number of carbonyl (C=O) groups is 2.